The van der Waals surface area contributed by atoms with Crippen LogP contribution in [0.2, 0.25) is 0 Å². The lowest BCUT2D eigenvalue weighted by Gasteiger charge is -2.34. The number of fused-ring (bicyclic) bond motifs is 1. The van der Waals surface area contributed by atoms with Crippen molar-refractivity contribution in [3.8, 4) is 17.2 Å². The Hall–Kier alpha value is -3.81. The second kappa shape index (κ2) is 12.6. The van der Waals surface area contributed by atoms with Crippen molar-refractivity contribution >= 4 is 23.4 Å². The van der Waals surface area contributed by atoms with E-state index in [1.54, 1.807) is 32.1 Å². The highest BCUT2D eigenvalue weighted by Gasteiger charge is 2.48. The van der Waals surface area contributed by atoms with Crippen LogP contribution in [0, 0.1) is 5.41 Å². The van der Waals surface area contributed by atoms with Crippen molar-refractivity contribution in [2.24, 2.45) is 5.41 Å². The fourth-order valence-electron chi connectivity index (χ4n) is 5.34. The summed E-state index contributed by atoms with van der Waals surface area (Å²) >= 11 is 0. The molecule has 0 saturated carbocycles. The van der Waals surface area contributed by atoms with Crippen molar-refractivity contribution in [3.63, 3.8) is 0 Å². The molecule has 0 spiro atoms. The molecule has 0 bridgehead atoms. The van der Waals surface area contributed by atoms with Gasteiger partial charge in [0, 0.05) is 30.4 Å². The highest BCUT2D eigenvalue weighted by molar-refractivity contribution is 6.24. The molecular weight excluding hydrogens is 536 g/mol. The van der Waals surface area contributed by atoms with Crippen LogP contribution in [-0.4, -0.2) is 43.4 Å². The van der Waals surface area contributed by atoms with E-state index in [-0.39, 0.29) is 47.3 Å². The topological polar surface area (TPSA) is 141 Å². The Morgan fingerprint density at radius 3 is 2.19 bits per heavy atom. The second-order valence-electron chi connectivity index (χ2n) is 12.3. The average molecular weight is 581 g/mol. The molecular formula is C34H44O8. The Labute approximate surface area is 248 Å². The van der Waals surface area contributed by atoms with E-state index in [4.69, 9.17) is 4.74 Å². The number of aromatic hydroxyl groups is 2. The van der Waals surface area contributed by atoms with E-state index in [2.05, 4.69) is 0 Å². The molecule has 0 radical (unpaired) electrons. The number of rotatable bonds is 12. The molecule has 0 unspecified atom stereocenters. The first-order valence-corrected chi connectivity index (χ1v) is 14.7. The third kappa shape index (κ3) is 6.18. The van der Waals surface area contributed by atoms with Crippen LogP contribution < -0.4 is 4.74 Å². The zero-order valence-corrected chi connectivity index (χ0v) is 25.8. The van der Waals surface area contributed by atoms with Gasteiger partial charge in [0.2, 0.25) is 0 Å². The number of aliphatic hydroxyl groups excluding tert-OH is 2. The molecule has 1 aromatic carbocycles. The van der Waals surface area contributed by atoms with Crippen LogP contribution >= 0.6 is 0 Å². The highest BCUT2D eigenvalue weighted by Crippen LogP contribution is 2.50. The molecule has 1 aliphatic carbocycles. The van der Waals surface area contributed by atoms with Gasteiger partial charge in [0.25, 0.3) is 0 Å². The van der Waals surface area contributed by atoms with Crippen molar-refractivity contribution in [1.82, 2.24) is 0 Å². The zero-order valence-electron chi connectivity index (χ0n) is 25.8. The minimum absolute atomic E-state index is 0.0503. The van der Waals surface area contributed by atoms with E-state index in [0.717, 1.165) is 18.4 Å². The number of aliphatic hydroxyl groups is 2. The number of ketones is 3. The largest absolute Gasteiger partial charge is 0.511 e. The van der Waals surface area contributed by atoms with Gasteiger partial charge in [-0.15, -0.1) is 0 Å². The molecule has 4 N–H and O–H groups in total. The first-order valence-electron chi connectivity index (χ1n) is 14.7. The number of hydrogen-bond acceptors (Lipinski definition) is 8. The molecule has 1 aromatic rings. The summed E-state index contributed by atoms with van der Waals surface area (Å²) in [6.45, 7) is 12.6. The van der Waals surface area contributed by atoms with Crippen molar-refractivity contribution in [3.05, 3.63) is 57.1 Å². The number of ether oxygens (including phenoxy) is 1. The van der Waals surface area contributed by atoms with E-state index >= 15 is 0 Å². The summed E-state index contributed by atoms with van der Waals surface area (Å²) in [5, 5.41) is 45.7. The number of unbranched alkanes of at least 4 members (excludes halogenated alkanes) is 2. The zero-order chi connectivity index (χ0) is 31.6. The first kappa shape index (κ1) is 32.7. The normalized spacial score (nSPS) is 19.5. The molecule has 1 heterocycles. The first-order chi connectivity index (χ1) is 19.6. The summed E-state index contributed by atoms with van der Waals surface area (Å²) < 4.78 is 6.02. The maximum absolute atomic E-state index is 13.7. The minimum atomic E-state index is -1.57. The van der Waals surface area contributed by atoms with Gasteiger partial charge in [0.1, 0.15) is 45.5 Å². The maximum atomic E-state index is 13.7. The molecule has 0 aromatic heterocycles. The molecule has 1 aliphatic heterocycles. The van der Waals surface area contributed by atoms with Crippen LogP contribution in [0.1, 0.15) is 115 Å². The van der Waals surface area contributed by atoms with Crippen molar-refractivity contribution < 1.29 is 39.5 Å². The minimum Gasteiger partial charge on any atom is -0.511 e. The molecule has 2 aliphatic rings. The van der Waals surface area contributed by atoms with E-state index in [9.17, 15) is 34.8 Å². The van der Waals surface area contributed by atoms with Gasteiger partial charge in [-0.05, 0) is 66.0 Å². The number of phenols is 2. The number of allylic oxidation sites excluding steroid dienone is 5. The monoisotopic (exact) mass is 580 g/mol. The van der Waals surface area contributed by atoms with Crippen LogP contribution in [0.15, 0.2) is 40.4 Å². The molecule has 228 valence electrons. The Morgan fingerprint density at radius 1 is 0.929 bits per heavy atom. The smallest absolute Gasteiger partial charge is 0.183 e. The van der Waals surface area contributed by atoms with Crippen molar-refractivity contribution in [1.29, 1.82) is 0 Å². The second-order valence-corrected chi connectivity index (χ2v) is 12.3. The van der Waals surface area contributed by atoms with Gasteiger partial charge in [0.15, 0.2) is 17.3 Å². The molecule has 3 rings (SSSR count). The molecule has 0 amide bonds. The fourth-order valence-corrected chi connectivity index (χ4v) is 5.34. The molecule has 42 heavy (non-hydrogen) atoms. The van der Waals surface area contributed by atoms with Gasteiger partial charge in [-0.3, -0.25) is 14.4 Å². The number of benzene rings is 1. The number of hydrogen-bond donors (Lipinski definition) is 4. The number of phenolic OH excluding ortho intramolecular Hbond substituents is 2. The van der Waals surface area contributed by atoms with Crippen LogP contribution in [-0.2, 0) is 16.0 Å². The van der Waals surface area contributed by atoms with E-state index in [1.807, 2.05) is 27.7 Å². The maximum Gasteiger partial charge on any atom is 0.183 e. The molecule has 8 nitrogen and oxygen atoms in total. The van der Waals surface area contributed by atoms with Crippen LogP contribution in [0.4, 0.5) is 0 Å². The van der Waals surface area contributed by atoms with Crippen LogP contribution in [0.3, 0.4) is 0 Å². The Bertz CT molecular complexity index is 1420. The van der Waals surface area contributed by atoms with Gasteiger partial charge in [-0.1, -0.05) is 38.3 Å². The SMILES string of the molecule is CCCCCC(=O)C1=C(O)C(Cc2c(O)c3c(c(C(=O)CCC)c2O)OC(C)(C)C=C3)=C(O)[C@](C)(CC=C(C)C)C1=O. The quantitative estimate of drug-likeness (QED) is 0.0860. The van der Waals surface area contributed by atoms with Crippen molar-refractivity contribution in [2.75, 3.05) is 0 Å². The fraction of sp³-hybridized carbons (Fsp3) is 0.500. The van der Waals surface area contributed by atoms with Gasteiger partial charge in [-0.2, -0.15) is 0 Å². The predicted molar refractivity (Wildman–Crippen MR) is 162 cm³/mol. The highest BCUT2D eigenvalue weighted by atomic mass is 16.5. The van der Waals surface area contributed by atoms with E-state index < -0.39 is 63.4 Å². The van der Waals surface area contributed by atoms with Gasteiger partial charge < -0.3 is 25.2 Å². The summed E-state index contributed by atoms with van der Waals surface area (Å²) in [6.07, 6.45) is 7.54. The Kier molecular flexibility index (Phi) is 9.81. The molecule has 1 atom stereocenters. The number of Topliss-reactive ketones (excluding diaryl/α,β-unsaturated/α-hetero) is 3. The summed E-state index contributed by atoms with van der Waals surface area (Å²) in [5.41, 5.74) is -2.10. The van der Waals surface area contributed by atoms with E-state index in [0.29, 0.717) is 12.8 Å². The van der Waals surface area contributed by atoms with Gasteiger partial charge in [0.05, 0.1) is 11.0 Å². The van der Waals surface area contributed by atoms with Gasteiger partial charge in [-0.25, -0.2) is 0 Å². The average Bonchev–Trinajstić information content (AvgIpc) is 2.90. The Morgan fingerprint density at radius 2 is 1.60 bits per heavy atom. The molecule has 0 saturated heterocycles. The predicted octanol–water partition coefficient (Wildman–Crippen LogP) is 7.53. The summed E-state index contributed by atoms with van der Waals surface area (Å²) in [5.74, 6) is -3.63. The summed E-state index contributed by atoms with van der Waals surface area (Å²) in [4.78, 5) is 40.3. The van der Waals surface area contributed by atoms with Crippen LogP contribution in [0.25, 0.3) is 6.08 Å². The lowest BCUT2D eigenvalue weighted by Crippen LogP contribution is -2.39. The lowest BCUT2D eigenvalue weighted by atomic mass is 9.69. The van der Waals surface area contributed by atoms with Crippen LogP contribution in [0.5, 0.6) is 17.2 Å². The summed E-state index contributed by atoms with van der Waals surface area (Å²) in [7, 11) is 0. The summed E-state index contributed by atoms with van der Waals surface area (Å²) in [6, 6.07) is 0. The third-order valence-corrected chi connectivity index (χ3v) is 7.93. The van der Waals surface area contributed by atoms with E-state index in [1.165, 1.54) is 6.92 Å². The number of carbonyl (C=O) groups is 3. The standard InChI is InChI=1S/C34H44O8/c1-8-10-11-13-24(36)26-29(39)22(31(40)34(7,32(26)41)17-14-19(3)4)18-21-27(37)20-15-16-33(5,6)42-30(20)25(28(21)38)23(35)12-9-2/h14-16,37-40H,8-13,17-18H2,1-7H3/t34-/m0/s1. The van der Waals surface area contributed by atoms with Gasteiger partial charge >= 0.3 is 0 Å². The molecule has 0 fully saturated rings. The number of carbonyl (C=O) groups excluding carboxylic acids is 3. The molecule has 8 heteroatoms. The Balaban J connectivity index is 2.29. The lowest BCUT2D eigenvalue weighted by molar-refractivity contribution is -0.127. The van der Waals surface area contributed by atoms with Crippen molar-refractivity contribution in [2.45, 2.75) is 105 Å². The third-order valence-electron chi connectivity index (χ3n) is 7.93.